The zero-order valence-electron chi connectivity index (χ0n) is 23.2. The number of likely N-dealkylation sites (tertiary alicyclic amines) is 1. The van der Waals surface area contributed by atoms with Gasteiger partial charge in [-0.2, -0.15) is 0 Å². The van der Waals surface area contributed by atoms with E-state index in [4.69, 9.17) is 0 Å². The Morgan fingerprint density at radius 1 is 0.857 bits per heavy atom. The summed E-state index contributed by atoms with van der Waals surface area (Å²) in [6.45, 7) is 2.99. The molecule has 0 aliphatic carbocycles. The molecule has 6 rings (SSSR count). The van der Waals surface area contributed by atoms with Crippen LogP contribution in [0.5, 0.6) is 0 Å². The predicted octanol–water partition coefficient (Wildman–Crippen LogP) is 6.90. The lowest BCUT2D eigenvalue weighted by Gasteiger charge is -2.32. The van der Waals surface area contributed by atoms with E-state index >= 15 is 0 Å². The monoisotopic (exact) mass is 577 g/mol. The number of nitrogens with zero attached hydrogens (tertiary/aromatic N) is 2. The second-order valence-electron chi connectivity index (χ2n) is 10.7. The highest BCUT2D eigenvalue weighted by Crippen LogP contribution is 2.42. The third kappa shape index (κ3) is 6.48. The van der Waals surface area contributed by atoms with E-state index in [1.54, 1.807) is 35.2 Å². The first kappa shape index (κ1) is 27.9. The fourth-order valence-electron chi connectivity index (χ4n) is 5.44. The number of thioether (sulfide) groups is 1. The van der Waals surface area contributed by atoms with Gasteiger partial charge in [0, 0.05) is 41.7 Å². The third-order valence-electron chi connectivity index (χ3n) is 7.76. The number of amides is 2. The van der Waals surface area contributed by atoms with Crippen LogP contribution in [0, 0.1) is 5.82 Å². The molecule has 0 bridgehead atoms. The lowest BCUT2D eigenvalue weighted by Crippen LogP contribution is -2.44. The summed E-state index contributed by atoms with van der Waals surface area (Å²) >= 11 is 1.41. The zero-order chi connectivity index (χ0) is 28.9. The summed E-state index contributed by atoms with van der Waals surface area (Å²) in [5.74, 6) is -0.593. The highest BCUT2D eigenvalue weighted by atomic mass is 32.2. The zero-order valence-corrected chi connectivity index (χ0v) is 24.0. The number of para-hydroxylation sites is 1. The maximum atomic E-state index is 14.4. The highest BCUT2D eigenvalue weighted by molar-refractivity contribution is 8.04. The molecule has 2 amide bonds. The predicted molar refractivity (Wildman–Crippen MR) is 167 cm³/mol. The molecule has 1 saturated heterocycles. The molecule has 7 heteroatoms. The van der Waals surface area contributed by atoms with Gasteiger partial charge in [-0.1, -0.05) is 84.6 Å². The van der Waals surface area contributed by atoms with E-state index in [-0.39, 0.29) is 30.2 Å². The standard InChI is InChI=1S/C35H32FN3O2S/c36-30-11-5-4-10-28(30)24-39-31-12-6-7-13-32(31)42-33(35(39)41)22-25-14-16-27(17-15-25)34(40)37-29-18-20-38(21-19-29)23-26-8-2-1-3-9-26/h1-17,22,29H,18-21,23-24H2,(H,37,40). The van der Waals surface area contributed by atoms with Crippen LogP contribution in [0.15, 0.2) is 113 Å². The number of nitrogens with one attached hydrogen (secondary N) is 1. The van der Waals surface area contributed by atoms with Crippen molar-refractivity contribution in [3.8, 4) is 0 Å². The molecular weight excluding hydrogens is 545 g/mol. The van der Waals surface area contributed by atoms with E-state index < -0.39 is 0 Å². The Labute approximate surface area is 250 Å². The first-order valence-electron chi connectivity index (χ1n) is 14.2. The second kappa shape index (κ2) is 12.8. The van der Waals surface area contributed by atoms with Crippen molar-refractivity contribution in [3.05, 3.63) is 136 Å². The van der Waals surface area contributed by atoms with Crippen molar-refractivity contribution >= 4 is 35.3 Å². The largest absolute Gasteiger partial charge is 0.349 e. The van der Waals surface area contributed by atoms with Crippen molar-refractivity contribution in [2.75, 3.05) is 18.0 Å². The Morgan fingerprint density at radius 3 is 2.31 bits per heavy atom. The van der Waals surface area contributed by atoms with E-state index in [0.717, 1.165) is 48.6 Å². The van der Waals surface area contributed by atoms with Gasteiger partial charge in [0.15, 0.2) is 0 Å². The topological polar surface area (TPSA) is 52.7 Å². The Balaban J connectivity index is 1.10. The van der Waals surface area contributed by atoms with Gasteiger partial charge in [-0.15, -0.1) is 0 Å². The number of halogens is 1. The number of benzene rings is 4. The SMILES string of the molecule is O=C(NC1CCN(Cc2ccccc2)CC1)c1ccc(C=C2Sc3ccccc3N(Cc3ccccc3F)C2=O)cc1. The molecule has 0 aromatic heterocycles. The third-order valence-corrected chi connectivity index (χ3v) is 8.84. The molecule has 0 spiro atoms. The molecule has 0 atom stereocenters. The van der Waals surface area contributed by atoms with E-state index in [1.165, 1.54) is 23.4 Å². The van der Waals surface area contributed by atoms with Crippen LogP contribution in [0.25, 0.3) is 6.08 Å². The summed E-state index contributed by atoms with van der Waals surface area (Å²) < 4.78 is 14.4. The molecule has 0 radical (unpaired) electrons. The van der Waals surface area contributed by atoms with Crippen molar-refractivity contribution < 1.29 is 14.0 Å². The van der Waals surface area contributed by atoms with Crippen LogP contribution in [0.3, 0.4) is 0 Å². The van der Waals surface area contributed by atoms with Crippen molar-refractivity contribution in [3.63, 3.8) is 0 Å². The number of carbonyl (C=O) groups excluding carboxylic acids is 2. The molecule has 4 aromatic rings. The normalized spacial score (nSPS) is 16.8. The van der Waals surface area contributed by atoms with Crippen molar-refractivity contribution in [2.45, 2.75) is 36.9 Å². The van der Waals surface area contributed by atoms with E-state index in [9.17, 15) is 14.0 Å². The molecular formula is C35H32FN3O2S. The van der Waals surface area contributed by atoms with Crippen molar-refractivity contribution in [1.29, 1.82) is 0 Å². The molecule has 0 unspecified atom stereocenters. The Morgan fingerprint density at radius 2 is 1.55 bits per heavy atom. The van der Waals surface area contributed by atoms with E-state index in [1.807, 2.05) is 48.5 Å². The molecule has 5 nitrogen and oxygen atoms in total. The van der Waals surface area contributed by atoms with Crippen LogP contribution in [0.1, 0.15) is 39.9 Å². The highest BCUT2D eigenvalue weighted by Gasteiger charge is 2.29. The van der Waals surface area contributed by atoms with Crippen LogP contribution >= 0.6 is 11.8 Å². The molecule has 2 heterocycles. The van der Waals surface area contributed by atoms with Gasteiger partial charge in [-0.3, -0.25) is 14.5 Å². The Hall–Kier alpha value is -4.20. The second-order valence-corrected chi connectivity index (χ2v) is 11.8. The molecule has 2 aliphatic rings. The Kier molecular flexibility index (Phi) is 8.49. The summed E-state index contributed by atoms with van der Waals surface area (Å²) in [6.07, 6.45) is 3.68. The fourth-order valence-corrected chi connectivity index (χ4v) is 6.50. The van der Waals surface area contributed by atoms with Crippen LogP contribution in [0.2, 0.25) is 0 Å². The minimum absolute atomic E-state index is 0.0798. The fraction of sp³-hybridized carbons (Fsp3) is 0.200. The maximum Gasteiger partial charge on any atom is 0.265 e. The Bertz CT molecular complexity index is 1600. The van der Waals surface area contributed by atoms with Crippen LogP contribution < -0.4 is 10.2 Å². The van der Waals surface area contributed by atoms with Gasteiger partial charge in [0.05, 0.1) is 17.1 Å². The molecule has 0 saturated carbocycles. The molecule has 4 aromatic carbocycles. The van der Waals surface area contributed by atoms with Crippen LogP contribution in [0.4, 0.5) is 10.1 Å². The van der Waals surface area contributed by atoms with Crippen molar-refractivity contribution in [1.82, 2.24) is 10.2 Å². The number of piperidine rings is 1. The van der Waals surface area contributed by atoms with E-state index in [2.05, 4.69) is 34.5 Å². The first-order valence-corrected chi connectivity index (χ1v) is 15.1. The minimum Gasteiger partial charge on any atom is -0.349 e. The lowest BCUT2D eigenvalue weighted by atomic mass is 10.0. The lowest BCUT2D eigenvalue weighted by molar-refractivity contribution is -0.114. The molecule has 2 aliphatic heterocycles. The number of hydrogen-bond acceptors (Lipinski definition) is 4. The van der Waals surface area contributed by atoms with E-state index in [0.29, 0.717) is 16.0 Å². The molecule has 1 fully saturated rings. The van der Waals surface area contributed by atoms with Gasteiger partial charge in [-0.25, -0.2) is 4.39 Å². The summed E-state index contributed by atoms with van der Waals surface area (Å²) in [5.41, 5.74) is 3.96. The van der Waals surface area contributed by atoms with Crippen LogP contribution in [-0.4, -0.2) is 35.8 Å². The number of fused-ring (bicyclic) bond motifs is 1. The van der Waals surface area contributed by atoms with Gasteiger partial charge in [0.2, 0.25) is 0 Å². The average Bonchev–Trinajstić information content (AvgIpc) is 3.02. The summed E-state index contributed by atoms with van der Waals surface area (Å²) in [6, 6.07) is 32.1. The summed E-state index contributed by atoms with van der Waals surface area (Å²) in [4.78, 5) is 32.1. The number of carbonyl (C=O) groups is 2. The van der Waals surface area contributed by atoms with Gasteiger partial charge < -0.3 is 10.2 Å². The van der Waals surface area contributed by atoms with Gasteiger partial charge in [0.25, 0.3) is 11.8 Å². The van der Waals surface area contributed by atoms with Gasteiger partial charge in [0.1, 0.15) is 5.82 Å². The van der Waals surface area contributed by atoms with Crippen LogP contribution in [-0.2, 0) is 17.9 Å². The van der Waals surface area contributed by atoms with Gasteiger partial charge in [-0.05, 0) is 60.4 Å². The number of anilines is 1. The molecule has 42 heavy (non-hydrogen) atoms. The first-order chi connectivity index (χ1) is 20.5. The maximum absolute atomic E-state index is 14.4. The molecule has 1 N–H and O–H groups in total. The van der Waals surface area contributed by atoms with Crippen molar-refractivity contribution in [2.24, 2.45) is 0 Å². The number of hydrogen-bond donors (Lipinski definition) is 1. The van der Waals surface area contributed by atoms with Gasteiger partial charge >= 0.3 is 0 Å². The smallest absolute Gasteiger partial charge is 0.265 e. The number of rotatable bonds is 7. The summed E-state index contributed by atoms with van der Waals surface area (Å²) in [7, 11) is 0. The summed E-state index contributed by atoms with van der Waals surface area (Å²) in [5, 5.41) is 3.20. The quantitative estimate of drug-likeness (QED) is 0.243. The molecule has 212 valence electrons. The minimum atomic E-state index is -0.335. The average molecular weight is 578 g/mol.